The van der Waals surface area contributed by atoms with Gasteiger partial charge >= 0.3 is 0 Å². The number of hydrogen-bond acceptors (Lipinski definition) is 4. The van der Waals surface area contributed by atoms with E-state index in [0.29, 0.717) is 13.0 Å². The first kappa shape index (κ1) is 23.4. The first-order valence-electron chi connectivity index (χ1n) is 8.91. The average molecular weight is 345 g/mol. The van der Waals surface area contributed by atoms with Crippen LogP contribution in [0.2, 0.25) is 0 Å². The monoisotopic (exact) mass is 344 g/mol. The Morgan fingerprint density at radius 1 is 0.917 bits per heavy atom. The Labute approximate surface area is 149 Å². The largest absolute Gasteiger partial charge is 0.375 e. The molecule has 24 heavy (non-hydrogen) atoms. The lowest BCUT2D eigenvalue weighted by Gasteiger charge is -2.40. The fourth-order valence-electron chi connectivity index (χ4n) is 3.06. The maximum Gasteiger partial charge on any atom is 0.223 e. The maximum absolute atomic E-state index is 11.6. The van der Waals surface area contributed by atoms with Crippen molar-refractivity contribution in [2.45, 2.75) is 91.5 Å². The maximum atomic E-state index is 11.6. The lowest BCUT2D eigenvalue weighted by atomic mass is 9.80. The van der Waals surface area contributed by atoms with E-state index in [1.807, 2.05) is 34.7 Å². The summed E-state index contributed by atoms with van der Waals surface area (Å²) in [6.07, 6.45) is 2.33. The molecule has 5 nitrogen and oxygen atoms in total. The van der Waals surface area contributed by atoms with E-state index < -0.39 is 11.0 Å². The van der Waals surface area contributed by atoms with Gasteiger partial charge in [-0.3, -0.25) is 4.79 Å². The third-order valence-electron chi connectivity index (χ3n) is 4.26. The number of nitrogens with one attached hydrogen (secondary N) is 1. The fourth-order valence-corrected chi connectivity index (χ4v) is 3.06. The van der Waals surface area contributed by atoms with Gasteiger partial charge in [0.15, 0.2) is 0 Å². The van der Waals surface area contributed by atoms with Crippen molar-refractivity contribution in [3.63, 3.8) is 0 Å². The Balaban J connectivity index is 4.54. The number of carbonyl (C=O) groups is 1. The first-order chi connectivity index (χ1) is 10.6. The van der Waals surface area contributed by atoms with Crippen molar-refractivity contribution >= 4 is 5.91 Å². The molecular weight excluding hydrogens is 304 g/mol. The second-order valence-corrected chi connectivity index (χ2v) is 9.26. The summed E-state index contributed by atoms with van der Waals surface area (Å²) in [6.45, 7) is 17.7. The van der Waals surface area contributed by atoms with Crippen LogP contribution in [-0.2, 0) is 14.3 Å². The van der Waals surface area contributed by atoms with Gasteiger partial charge in [-0.2, -0.15) is 0 Å². The Hall–Kier alpha value is -0.650. The molecule has 0 aliphatic heterocycles. The van der Waals surface area contributed by atoms with Gasteiger partial charge in [0, 0.05) is 5.41 Å². The molecule has 0 heterocycles. The summed E-state index contributed by atoms with van der Waals surface area (Å²) >= 11 is 0. The molecule has 1 amide bonds. The lowest BCUT2D eigenvalue weighted by Crippen LogP contribution is -2.44. The highest BCUT2D eigenvalue weighted by molar-refractivity contribution is 5.79. The molecule has 0 aromatic heterocycles. The zero-order valence-electron chi connectivity index (χ0n) is 17.3. The van der Waals surface area contributed by atoms with Gasteiger partial charge in [0.25, 0.3) is 0 Å². The summed E-state index contributed by atoms with van der Waals surface area (Å²) in [4.78, 5) is 11.6. The van der Waals surface area contributed by atoms with Crippen LogP contribution < -0.4 is 11.1 Å². The summed E-state index contributed by atoms with van der Waals surface area (Å²) in [6, 6.07) is 0. The van der Waals surface area contributed by atoms with Crippen molar-refractivity contribution in [2.75, 3.05) is 20.2 Å². The molecule has 0 aliphatic rings. The predicted molar refractivity (Wildman–Crippen MR) is 100 cm³/mol. The summed E-state index contributed by atoms with van der Waals surface area (Å²) in [5, 5.41) is 3.15. The second kappa shape index (κ2) is 8.63. The van der Waals surface area contributed by atoms with Crippen LogP contribution in [0.25, 0.3) is 0 Å². The normalized spacial score (nSPS) is 14.0. The minimum absolute atomic E-state index is 0.150. The third kappa shape index (κ3) is 9.60. The Bertz CT molecular complexity index is 401. The van der Waals surface area contributed by atoms with Gasteiger partial charge in [-0.05, 0) is 74.4 Å². The van der Waals surface area contributed by atoms with Crippen molar-refractivity contribution < 1.29 is 14.3 Å². The van der Waals surface area contributed by atoms with Crippen LogP contribution in [-0.4, -0.2) is 42.9 Å². The fraction of sp³-hybridized carbons (Fsp3) is 0.947. The van der Waals surface area contributed by atoms with E-state index >= 15 is 0 Å². The van der Waals surface area contributed by atoms with Crippen molar-refractivity contribution in [2.24, 2.45) is 11.1 Å². The highest BCUT2D eigenvalue weighted by atomic mass is 16.5. The van der Waals surface area contributed by atoms with E-state index in [1.165, 1.54) is 0 Å². The topological polar surface area (TPSA) is 73.6 Å². The quantitative estimate of drug-likeness (QED) is 0.570. The first-order valence-corrected chi connectivity index (χ1v) is 8.91. The summed E-state index contributed by atoms with van der Waals surface area (Å²) in [7, 11) is 1.95. The molecule has 3 N–H and O–H groups in total. The van der Waals surface area contributed by atoms with Gasteiger partial charge in [-0.15, -0.1) is 0 Å². The highest BCUT2D eigenvalue weighted by Gasteiger charge is 2.37. The smallest absolute Gasteiger partial charge is 0.223 e. The van der Waals surface area contributed by atoms with Crippen LogP contribution in [0.15, 0.2) is 0 Å². The molecule has 144 valence electrons. The predicted octanol–water partition coefficient (Wildman–Crippen LogP) is 3.26. The van der Waals surface area contributed by atoms with Crippen molar-refractivity contribution in [1.29, 1.82) is 0 Å². The Morgan fingerprint density at radius 2 is 1.46 bits per heavy atom. The van der Waals surface area contributed by atoms with E-state index in [1.54, 1.807) is 0 Å². The molecule has 0 fully saturated rings. The van der Waals surface area contributed by atoms with Gasteiger partial charge < -0.3 is 20.5 Å². The minimum Gasteiger partial charge on any atom is -0.375 e. The molecule has 0 unspecified atom stereocenters. The Morgan fingerprint density at radius 3 is 1.92 bits per heavy atom. The molecule has 0 aromatic carbocycles. The van der Waals surface area contributed by atoms with Crippen LogP contribution >= 0.6 is 0 Å². The summed E-state index contributed by atoms with van der Waals surface area (Å²) in [5.74, 6) is -0.299. The third-order valence-corrected chi connectivity index (χ3v) is 4.26. The lowest BCUT2D eigenvalue weighted by molar-refractivity contribution is -0.158. The van der Waals surface area contributed by atoms with Gasteiger partial charge in [0.05, 0.1) is 23.4 Å². The van der Waals surface area contributed by atoms with Gasteiger partial charge in [0.1, 0.15) is 0 Å². The number of nitrogens with two attached hydrogens (primary N) is 1. The van der Waals surface area contributed by atoms with Crippen LogP contribution in [0, 0.1) is 5.41 Å². The van der Waals surface area contributed by atoms with E-state index in [-0.39, 0.29) is 17.1 Å². The molecule has 0 saturated heterocycles. The van der Waals surface area contributed by atoms with Crippen LogP contribution in [0.1, 0.15) is 74.7 Å². The molecule has 0 aliphatic carbocycles. The molecule has 0 aromatic rings. The second-order valence-electron chi connectivity index (χ2n) is 9.26. The highest BCUT2D eigenvalue weighted by Crippen LogP contribution is 2.34. The average Bonchev–Trinajstić information content (AvgIpc) is 2.32. The van der Waals surface area contributed by atoms with E-state index in [0.717, 1.165) is 19.4 Å². The number of carbonyl (C=O) groups excluding carboxylic acids is 1. The molecule has 5 heteroatoms. The summed E-state index contributed by atoms with van der Waals surface area (Å²) < 4.78 is 12.3. The molecule has 0 rings (SSSR count). The van der Waals surface area contributed by atoms with Crippen LogP contribution in [0.5, 0.6) is 0 Å². The van der Waals surface area contributed by atoms with E-state index in [4.69, 9.17) is 15.2 Å². The van der Waals surface area contributed by atoms with Crippen molar-refractivity contribution in [3.05, 3.63) is 0 Å². The van der Waals surface area contributed by atoms with Gasteiger partial charge in [-0.25, -0.2) is 0 Å². The SMILES string of the molecule is CNCCC(C)(C)OCCC(C)(C)OC(C)(C)CC(C)(C)C(N)=O. The van der Waals surface area contributed by atoms with E-state index in [9.17, 15) is 4.79 Å². The standard InChI is InChI=1S/C19H40N2O3/c1-16(2,15(20)22)14-19(7,8)24-18(5,6)11-13-23-17(3,4)10-12-21-9/h21H,10-14H2,1-9H3,(H2,20,22). The van der Waals surface area contributed by atoms with Gasteiger partial charge in [-0.1, -0.05) is 13.8 Å². The Kier molecular flexibility index (Phi) is 8.40. The van der Waals surface area contributed by atoms with Crippen molar-refractivity contribution in [1.82, 2.24) is 5.32 Å². The number of rotatable bonds is 12. The summed E-state index contributed by atoms with van der Waals surface area (Å²) in [5.41, 5.74) is 3.97. The number of hydrogen-bond donors (Lipinski definition) is 2. The van der Waals surface area contributed by atoms with Crippen LogP contribution in [0.4, 0.5) is 0 Å². The number of primary amides is 1. The number of amides is 1. The van der Waals surface area contributed by atoms with E-state index in [2.05, 4.69) is 33.0 Å². The van der Waals surface area contributed by atoms with Gasteiger partial charge in [0.2, 0.25) is 5.91 Å². The molecular formula is C19H40N2O3. The number of ether oxygens (including phenoxy) is 2. The zero-order chi connectivity index (χ0) is 19.2. The molecule has 0 atom stereocenters. The molecule has 0 radical (unpaired) electrons. The molecule has 0 spiro atoms. The minimum atomic E-state index is -0.592. The van der Waals surface area contributed by atoms with Crippen molar-refractivity contribution in [3.8, 4) is 0 Å². The molecule has 0 saturated carbocycles. The molecule has 0 bridgehead atoms. The van der Waals surface area contributed by atoms with Crippen LogP contribution in [0.3, 0.4) is 0 Å². The zero-order valence-corrected chi connectivity index (χ0v) is 17.3.